The van der Waals surface area contributed by atoms with Crippen LogP contribution < -0.4 is 10.9 Å². The smallest absolute Gasteiger partial charge is 0.254 e. The van der Waals surface area contributed by atoms with Crippen molar-refractivity contribution in [2.45, 2.75) is 18.9 Å². The monoisotopic (exact) mass is 621 g/mol. The highest BCUT2D eigenvalue weighted by Crippen LogP contribution is 2.28. The highest BCUT2D eigenvalue weighted by atomic mass is 35.5. The lowest BCUT2D eigenvalue weighted by Gasteiger charge is -2.20. The van der Waals surface area contributed by atoms with E-state index >= 15 is 0 Å². The first-order valence-corrected chi connectivity index (χ1v) is 14.5. The Morgan fingerprint density at radius 2 is 1.61 bits per heavy atom. The van der Waals surface area contributed by atoms with Gasteiger partial charge in [-0.2, -0.15) is 0 Å². The molecule has 0 aliphatic rings. The fourth-order valence-electron chi connectivity index (χ4n) is 4.89. The second-order valence-corrected chi connectivity index (χ2v) is 10.9. The number of hydrogen-bond donors (Lipinski definition) is 1. The second-order valence-electron chi connectivity index (χ2n) is 10.1. The van der Waals surface area contributed by atoms with Crippen LogP contribution in [-0.4, -0.2) is 35.4 Å². The van der Waals surface area contributed by atoms with Crippen molar-refractivity contribution in [2.24, 2.45) is 0 Å². The highest BCUT2D eigenvalue weighted by molar-refractivity contribution is 6.31. The zero-order valence-corrected chi connectivity index (χ0v) is 24.7. The lowest BCUT2D eigenvalue weighted by molar-refractivity contribution is -0.119. The van der Waals surface area contributed by atoms with Gasteiger partial charge in [0.1, 0.15) is 6.04 Å². The van der Waals surface area contributed by atoms with Crippen molar-refractivity contribution in [3.05, 3.63) is 153 Å². The third-order valence-corrected chi connectivity index (χ3v) is 7.48. The molecule has 11 heteroatoms. The largest absolute Gasteiger partial charge is 0.324 e. The number of carbonyl (C=O) groups excluding carboxylic acids is 1. The van der Waals surface area contributed by atoms with E-state index in [1.807, 2.05) is 66.7 Å². The van der Waals surface area contributed by atoms with Gasteiger partial charge in [-0.05, 0) is 65.6 Å². The summed E-state index contributed by atoms with van der Waals surface area (Å²) >= 11 is 12.3. The third-order valence-electron chi connectivity index (χ3n) is 7.07. The van der Waals surface area contributed by atoms with Crippen LogP contribution in [-0.2, 0) is 17.6 Å². The Morgan fingerprint density at radius 1 is 0.864 bits per heavy atom. The molecule has 1 unspecified atom stereocenters. The highest BCUT2D eigenvalue weighted by Gasteiger charge is 2.24. The van der Waals surface area contributed by atoms with E-state index < -0.39 is 11.6 Å². The molecular formula is C33H25Cl2N7O2. The Balaban J connectivity index is 1.29. The van der Waals surface area contributed by atoms with Gasteiger partial charge in [0, 0.05) is 41.2 Å². The number of amides is 1. The predicted octanol–water partition coefficient (Wildman–Crippen LogP) is 6.21. The summed E-state index contributed by atoms with van der Waals surface area (Å²) in [5.74, 6) is -0.340. The van der Waals surface area contributed by atoms with Gasteiger partial charge in [0.2, 0.25) is 5.91 Å². The Kier molecular flexibility index (Phi) is 8.58. The first-order chi connectivity index (χ1) is 21.4. The van der Waals surface area contributed by atoms with Crippen LogP contribution >= 0.6 is 23.2 Å². The maximum Gasteiger partial charge on any atom is 0.254 e. The van der Waals surface area contributed by atoms with Gasteiger partial charge in [-0.15, -0.1) is 5.10 Å². The lowest BCUT2D eigenvalue weighted by Crippen LogP contribution is -2.34. The van der Waals surface area contributed by atoms with Crippen molar-refractivity contribution in [3.63, 3.8) is 0 Å². The molecule has 6 rings (SSSR count). The number of nitrogens with one attached hydrogen (secondary N) is 1. The van der Waals surface area contributed by atoms with Crippen molar-refractivity contribution >= 4 is 34.8 Å². The molecule has 9 nitrogen and oxygen atoms in total. The van der Waals surface area contributed by atoms with Crippen molar-refractivity contribution < 1.29 is 4.79 Å². The first-order valence-electron chi connectivity index (χ1n) is 13.7. The minimum absolute atomic E-state index is 0.215. The summed E-state index contributed by atoms with van der Waals surface area (Å²) < 4.78 is 2.83. The minimum Gasteiger partial charge on any atom is -0.324 e. The molecule has 0 aliphatic heterocycles. The minimum atomic E-state index is -0.865. The lowest BCUT2D eigenvalue weighted by atomic mass is 10.0. The number of rotatable bonds is 9. The summed E-state index contributed by atoms with van der Waals surface area (Å²) in [7, 11) is 0. The van der Waals surface area contributed by atoms with Gasteiger partial charge < -0.3 is 5.32 Å². The van der Waals surface area contributed by atoms with Crippen LogP contribution in [0.4, 0.5) is 5.69 Å². The van der Waals surface area contributed by atoms with E-state index in [1.54, 1.807) is 36.8 Å². The van der Waals surface area contributed by atoms with Crippen LogP contribution in [0.1, 0.15) is 22.7 Å². The topological polar surface area (TPSA) is 108 Å². The molecule has 218 valence electrons. The second kappa shape index (κ2) is 13.0. The molecule has 0 bridgehead atoms. The first kappa shape index (κ1) is 29.0. The summed E-state index contributed by atoms with van der Waals surface area (Å²) in [4.78, 5) is 36.0. The van der Waals surface area contributed by atoms with Crippen molar-refractivity contribution in [3.8, 4) is 16.9 Å². The van der Waals surface area contributed by atoms with Crippen LogP contribution in [0, 0.1) is 0 Å². The van der Waals surface area contributed by atoms with E-state index in [2.05, 4.69) is 25.6 Å². The summed E-state index contributed by atoms with van der Waals surface area (Å²) in [6.45, 7) is 0. The maximum atomic E-state index is 13.7. The van der Waals surface area contributed by atoms with Gasteiger partial charge in [0.15, 0.2) is 5.15 Å². The summed E-state index contributed by atoms with van der Waals surface area (Å²) in [5, 5.41) is 11.5. The van der Waals surface area contributed by atoms with E-state index in [4.69, 9.17) is 23.2 Å². The molecule has 3 aromatic carbocycles. The average molecular weight is 623 g/mol. The quantitative estimate of drug-likeness (QED) is 0.206. The molecule has 0 saturated carbocycles. The third kappa shape index (κ3) is 6.75. The number of carbonyl (C=O) groups is 1. The van der Waals surface area contributed by atoms with Gasteiger partial charge in [-0.3, -0.25) is 19.1 Å². The molecular weight excluding hydrogens is 597 g/mol. The van der Waals surface area contributed by atoms with Gasteiger partial charge in [0.05, 0.1) is 23.9 Å². The fourth-order valence-corrected chi connectivity index (χ4v) is 5.19. The van der Waals surface area contributed by atoms with Crippen molar-refractivity contribution in [2.75, 3.05) is 5.32 Å². The molecule has 3 aromatic heterocycles. The Morgan fingerprint density at radius 3 is 2.32 bits per heavy atom. The number of pyridine rings is 1. The van der Waals surface area contributed by atoms with E-state index in [9.17, 15) is 9.59 Å². The van der Waals surface area contributed by atoms with Crippen LogP contribution in [0.15, 0.2) is 121 Å². The van der Waals surface area contributed by atoms with Gasteiger partial charge >= 0.3 is 0 Å². The number of aromatic nitrogens is 6. The van der Waals surface area contributed by atoms with Gasteiger partial charge in [0.25, 0.3) is 5.56 Å². The Bertz CT molecular complexity index is 1960. The number of benzene rings is 3. The molecule has 0 radical (unpaired) electrons. The zero-order chi connectivity index (χ0) is 30.5. The van der Waals surface area contributed by atoms with Crippen LogP contribution in [0.25, 0.3) is 16.9 Å². The van der Waals surface area contributed by atoms with Crippen molar-refractivity contribution in [1.82, 2.24) is 29.5 Å². The SMILES string of the molecule is O=C(Nc1ccc(Cc2ccncc2)cc1)C(Cc1ccccc1)n1cnc(-c2cc(Cl)ccc2-n2cc(Cl)nn2)cc1=O. The molecule has 1 N–H and O–H groups in total. The van der Waals surface area contributed by atoms with E-state index in [0.717, 1.165) is 23.1 Å². The van der Waals surface area contributed by atoms with Crippen LogP contribution in [0.3, 0.4) is 0 Å². The molecule has 1 amide bonds. The molecule has 0 fully saturated rings. The molecule has 6 aromatic rings. The summed E-state index contributed by atoms with van der Waals surface area (Å²) in [5.41, 5.74) is 4.87. The van der Waals surface area contributed by atoms with Crippen molar-refractivity contribution in [1.29, 1.82) is 0 Å². The number of halogens is 2. The summed E-state index contributed by atoms with van der Waals surface area (Å²) in [6, 6.07) is 26.8. The van der Waals surface area contributed by atoms with Gasteiger partial charge in [-0.1, -0.05) is 70.9 Å². The fraction of sp³-hybridized carbons (Fsp3) is 0.0909. The van der Waals surface area contributed by atoms with E-state index in [-0.39, 0.29) is 17.5 Å². The Labute approximate surface area is 262 Å². The normalized spacial score (nSPS) is 11.7. The van der Waals surface area contributed by atoms with Crippen LogP contribution in [0.2, 0.25) is 10.2 Å². The Hall–Kier alpha value is -5.12. The number of anilines is 1. The molecule has 3 heterocycles. The maximum absolute atomic E-state index is 13.7. The van der Waals surface area contributed by atoms with Gasteiger partial charge in [-0.25, -0.2) is 9.67 Å². The van der Waals surface area contributed by atoms with E-state index in [0.29, 0.717) is 27.7 Å². The van der Waals surface area contributed by atoms with Crippen LogP contribution in [0.5, 0.6) is 0 Å². The standard InChI is InChI=1S/C33H25Cl2N7O2/c34-25-8-11-29(42-20-31(35)39-40-42)27(18-25)28-19-32(43)41(21-37-28)30(17-22-4-2-1-3-5-22)33(44)38-26-9-6-23(7-10-26)16-24-12-14-36-15-13-24/h1-15,18-21,30H,16-17H2,(H,38,44). The molecule has 0 aliphatic carbocycles. The van der Waals surface area contributed by atoms with E-state index in [1.165, 1.54) is 21.6 Å². The average Bonchev–Trinajstić information content (AvgIpc) is 3.48. The number of nitrogens with zero attached hydrogens (tertiary/aromatic N) is 6. The zero-order valence-electron chi connectivity index (χ0n) is 23.2. The predicted molar refractivity (Wildman–Crippen MR) is 170 cm³/mol. The number of hydrogen-bond acceptors (Lipinski definition) is 6. The molecule has 0 spiro atoms. The molecule has 1 atom stereocenters. The molecule has 0 saturated heterocycles. The molecule has 44 heavy (non-hydrogen) atoms. The summed E-state index contributed by atoms with van der Waals surface area (Å²) in [6.07, 6.45) is 7.50.